The predicted molar refractivity (Wildman–Crippen MR) is 70.9 cm³/mol. The Kier molecular flexibility index (Phi) is 9.56. The van der Waals surface area contributed by atoms with Crippen LogP contribution in [0.1, 0.15) is 34.5 Å². The molecule has 1 aliphatic carbocycles. The van der Waals surface area contributed by atoms with E-state index in [1.807, 2.05) is 0 Å². The summed E-state index contributed by atoms with van der Waals surface area (Å²) in [5.41, 5.74) is 4.95. The minimum absolute atomic E-state index is 0. The molecule has 1 aliphatic rings. The first-order valence-corrected chi connectivity index (χ1v) is 14.8. The standard InChI is InChI=1S/C12H13.C2H7Si.2BrH.Zr/c1-2-5-10-8-11-6-3-4-7-12(11)9-10;1-3-2;;;/h3-4,6-9H,2,5H2,1H3;3H,1-2H3;2*1H;/q;;;;+2/p-2. The second kappa shape index (κ2) is 9.05. The van der Waals surface area contributed by atoms with Crippen LogP contribution in [-0.2, 0) is 22.4 Å². The van der Waals surface area contributed by atoms with Gasteiger partial charge in [0.2, 0.25) is 0 Å². The van der Waals surface area contributed by atoms with Crippen LogP contribution in [0.25, 0.3) is 6.08 Å². The molecule has 1 unspecified atom stereocenters. The van der Waals surface area contributed by atoms with Gasteiger partial charge in [0.05, 0.1) is 0 Å². The average molecular weight is 467 g/mol. The molecule has 1 atom stereocenters. The Morgan fingerprint density at radius 3 is 2.44 bits per heavy atom. The first-order chi connectivity index (χ1) is 7.72. The number of hydrogen-bond donors (Lipinski definition) is 0. The zero-order valence-corrected chi connectivity index (χ0v) is 18.0. The summed E-state index contributed by atoms with van der Waals surface area (Å²) in [7, 11) is 0. The van der Waals surface area contributed by atoms with Gasteiger partial charge in [0, 0.05) is 0 Å². The number of halogens is 2. The van der Waals surface area contributed by atoms with E-state index in [0.717, 1.165) is 3.63 Å². The molecular formula is C14H20Br2SiZr. The Balaban J connectivity index is 0.00000144. The molecule has 0 aromatic heterocycles. The van der Waals surface area contributed by atoms with Gasteiger partial charge in [-0.15, -0.1) is 0 Å². The van der Waals surface area contributed by atoms with Crippen molar-refractivity contribution >= 4 is 12.0 Å². The van der Waals surface area contributed by atoms with E-state index >= 15 is 0 Å². The van der Waals surface area contributed by atoms with Crippen LogP contribution in [0.4, 0.5) is 0 Å². The van der Waals surface area contributed by atoms with Gasteiger partial charge in [-0.1, -0.05) is 0 Å². The molecule has 0 spiro atoms. The van der Waals surface area contributed by atoms with Crippen molar-refractivity contribution in [3.8, 4) is 0 Å². The average Bonchev–Trinajstić information content (AvgIpc) is 2.57. The summed E-state index contributed by atoms with van der Waals surface area (Å²) in [6.07, 6.45) is 5.11. The largest absolute Gasteiger partial charge is 1.00 e. The van der Waals surface area contributed by atoms with E-state index in [1.165, 1.54) is 18.4 Å². The fraction of sp³-hybridized carbons (Fsp3) is 0.429. The van der Waals surface area contributed by atoms with Gasteiger partial charge in [-0.3, -0.25) is 0 Å². The number of hydrogen-bond acceptors (Lipinski definition) is 0. The van der Waals surface area contributed by atoms with Crippen molar-refractivity contribution in [3.05, 3.63) is 41.0 Å². The predicted octanol–water partition coefficient (Wildman–Crippen LogP) is -2.00. The van der Waals surface area contributed by atoms with Crippen LogP contribution in [0.2, 0.25) is 13.1 Å². The molecule has 0 N–H and O–H groups in total. The Labute approximate surface area is 144 Å². The summed E-state index contributed by atoms with van der Waals surface area (Å²) in [4.78, 5) is 0. The molecule has 1 aromatic carbocycles. The first-order valence-electron chi connectivity index (χ1n) is 6.27. The molecule has 0 fully saturated rings. The maximum Gasteiger partial charge on any atom is -1.00 e. The summed E-state index contributed by atoms with van der Waals surface area (Å²) in [5, 5.41) is 0. The molecule has 18 heavy (non-hydrogen) atoms. The van der Waals surface area contributed by atoms with Crippen LogP contribution < -0.4 is 34.0 Å². The summed E-state index contributed by atoms with van der Waals surface area (Å²) in [5.74, 6) is -0.317. The van der Waals surface area contributed by atoms with Crippen molar-refractivity contribution in [2.24, 2.45) is 0 Å². The fourth-order valence-corrected chi connectivity index (χ4v) is 12.5. The van der Waals surface area contributed by atoms with Crippen LogP contribution >= 0.6 is 0 Å². The van der Waals surface area contributed by atoms with Gasteiger partial charge < -0.3 is 34.0 Å². The van der Waals surface area contributed by atoms with Gasteiger partial charge in [-0.25, -0.2) is 0 Å². The maximum atomic E-state index is 2.54. The Morgan fingerprint density at radius 2 is 1.83 bits per heavy atom. The minimum Gasteiger partial charge on any atom is -1.00 e. The first kappa shape index (κ1) is 19.0. The molecule has 0 saturated heterocycles. The zero-order chi connectivity index (χ0) is 11.5. The van der Waals surface area contributed by atoms with Crippen LogP contribution in [-0.4, -0.2) is 5.92 Å². The number of benzene rings is 1. The summed E-state index contributed by atoms with van der Waals surface area (Å²) in [6.45, 7) is 7.38. The molecule has 0 radical (unpaired) electrons. The van der Waals surface area contributed by atoms with Crippen molar-refractivity contribution in [2.75, 3.05) is 0 Å². The van der Waals surface area contributed by atoms with E-state index in [2.05, 4.69) is 50.4 Å². The van der Waals surface area contributed by atoms with E-state index in [9.17, 15) is 0 Å². The van der Waals surface area contributed by atoms with Crippen molar-refractivity contribution in [2.45, 2.75) is 36.5 Å². The summed E-state index contributed by atoms with van der Waals surface area (Å²) in [6, 6.07) is 9.07. The molecule has 2 rings (SSSR count). The normalized spacial score (nSPS) is 16.2. The van der Waals surface area contributed by atoms with E-state index in [-0.39, 0.29) is 62.3 Å². The summed E-state index contributed by atoms with van der Waals surface area (Å²) < 4.78 is 0.923. The maximum absolute atomic E-state index is 2.54. The van der Waals surface area contributed by atoms with Gasteiger partial charge in [0.1, 0.15) is 0 Å². The van der Waals surface area contributed by atoms with Crippen LogP contribution in [0.5, 0.6) is 0 Å². The van der Waals surface area contributed by atoms with Gasteiger partial charge in [0.25, 0.3) is 0 Å². The van der Waals surface area contributed by atoms with Gasteiger partial charge in [-0.05, 0) is 0 Å². The molecule has 4 heteroatoms. The van der Waals surface area contributed by atoms with Crippen LogP contribution in [0.3, 0.4) is 0 Å². The minimum atomic E-state index is -0.317. The van der Waals surface area contributed by atoms with E-state index in [4.69, 9.17) is 0 Å². The third kappa shape index (κ3) is 4.54. The molecule has 0 aliphatic heterocycles. The molecule has 98 valence electrons. The third-order valence-electron chi connectivity index (χ3n) is 3.06. The van der Waals surface area contributed by atoms with Crippen LogP contribution in [0, 0.1) is 0 Å². The third-order valence-corrected chi connectivity index (χ3v) is 13.1. The molecule has 0 saturated carbocycles. The van der Waals surface area contributed by atoms with Gasteiger partial charge in [-0.2, -0.15) is 0 Å². The Bertz CT molecular complexity index is 405. The number of rotatable bonds is 4. The van der Waals surface area contributed by atoms with Gasteiger partial charge >= 0.3 is 112 Å². The van der Waals surface area contributed by atoms with Crippen molar-refractivity contribution in [1.82, 2.24) is 0 Å². The van der Waals surface area contributed by atoms with Crippen molar-refractivity contribution < 1.29 is 56.4 Å². The topological polar surface area (TPSA) is 0 Å². The van der Waals surface area contributed by atoms with E-state index in [0.29, 0.717) is 0 Å². The van der Waals surface area contributed by atoms with E-state index < -0.39 is 0 Å². The second-order valence-electron chi connectivity index (χ2n) is 4.85. The van der Waals surface area contributed by atoms with Crippen LogP contribution in [0.15, 0.2) is 29.8 Å². The molecule has 0 nitrogen and oxygen atoms in total. The second-order valence-corrected chi connectivity index (χ2v) is 19.9. The Hall–Kier alpha value is 1.02. The quantitative estimate of drug-likeness (QED) is 0.450. The fourth-order valence-electron chi connectivity index (χ4n) is 2.42. The summed E-state index contributed by atoms with van der Waals surface area (Å²) >= 11 is -0.178. The number of fused-ring (bicyclic) bond motifs is 1. The SMILES string of the molecule is CCCC1=Cc2ccccc2[CH]1[Zr+2][SiH](C)C.[Br-].[Br-]. The molecular weight excluding hydrogens is 447 g/mol. The van der Waals surface area contributed by atoms with E-state index in [1.54, 1.807) is 11.1 Å². The van der Waals surface area contributed by atoms with Crippen molar-refractivity contribution in [1.29, 1.82) is 0 Å². The molecule has 0 heterocycles. The zero-order valence-electron chi connectivity index (χ0n) is 11.2. The monoisotopic (exact) mass is 464 g/mol. The molecule has 0 amide bonds. The number of allylic oxidation sites excluding steroid dienone is 1. The molecule has 1 aromatic rings. The Morgan fingerprint density at radius 1 is 1.17 bits per heavy atom. The van der Waals surface area contributed by atoms with Crippen molar-refractivity contribution in [3.63, 3.8) is 0 Å². The smallest absolute Gasteiger partial charge is 1.00 e. The van der Waals surface area contributed by atoms with Gasteiger partial charge in [0.15, 0.2) is 0 Å². The molecule has 0 bridgehead atoms.